The molecule has 1 N–H and O–H groups in total. The maximum absolute atomic E-state index is 4.19. The SMILES string of the molecule is CCCNC(Cc1cncs1)C1CCCC1C. The normalized spacial score (nSPS) is 26.2. The van der Waals surface area contributed by atoms with E-state index in [0.717, 1.165) is 18.4 Å². The highest BCUT2D eigenvalue weighted by Gasteiger charge is 2.30. The van der Waals surface area contributed by atoms with Gasteiger partial charge in [0.05, 0.1) is 5.51 Å². The largest absolute Gasteiger partial charge is 0.313 e. The number of thiazole rings is 1. The van der Waals surface area contributed by atoms with Crippen LogP contribution in [0.3, 0.4) is 0 Å². The summed E-state index contributed by atoms with van der Waals surface area (Å²) in [6.45, 7) is 5.81. The van der Waals surface area contributed by atoms with Crippen molar-refractivity contribution in [3.63, 3.8) is 0 Å². The van der Waals surface area contributed by atoms with Crippen LogP contribution >= 0.6 is 11.3 Å². The maximum Gasteiger partial charge on any atom is 0.0794 e. The maximum atomic E-state index is 4.19. The zero-order valence-electron chi connectivity index (χ0n) is 11.0. The van der Waals surface area contributed by atoms with Crippen LogP contribution < -0.4 is 5.32 Å². The summed E-state index contributed by atoms with van der Waals surface area (Å²) in [5.74, 6) is 1.75. The highest BCUT2D eigenvalue weighted by Crippen LogP contribution is 2.35. The van der Waals surface area contributed by atoms with Crippen LogP contribution in [0.25, 0.3) is 0 Å². The van der Waals surface area contributed by atoms with Crippen molar-refractivity contribution in [2.75, 3.05) is 6.54 Å². The van der Waals surface area contributed by atoms with E-state index in [2.05, 4.69) is 24.1 Å². The minimum Gasteiger partial charge on any atom is -0.313 e. The Balaban J connectivity index is 1.97. The Kier molecular flexibility index (Phi) is 4.99. The molecule has 0 saturated heterocycles. The third-order valence-electron chi connectivity index (χ3n) is 4.01. The van der Waals surface area contributed by atoms with E-state index in [9.17, 15) is 0 Å². The molecule has 1 saturated carbocycles. The van der Waals surface area contributed by atoms with Gasteiger partial charge < -0.3 is 5.32 Å². The zero-order chi connectivity index (χ0) is 12.1. The Labute approximate surface area is 109 Å². The second-order valence-electron chi connectivity index (χ2n) is 5.30. The average molecular weight is 252 g/mol. The molecule has 1 aromatic rings. The van der Waals surface area contributed by atoms with Gasteiger partial charge in [-0.05, 0) is 37.6 Å². The summed E-state index contributed by atoms with van der Waals surface area (Å²) in [5.41, 5.74) is 1.95. The molecule has 2 rings (SSSR count). The van der Waals surface area contributed by atoms with Crippen molar-refractivity contribution in [1.82, 2.24) is 10.3 Å². The van der Waals surface area contributed by atoms with Crippen molar-refractivity contribution in [3.8, 4) is 0 Å². The monoisotopic (exact) mass is 252 g/mol. The van der Waals surface area contributed by atoms with Gasteiger partial charge in [0.15, 0.2) is 0 Å². The summed E-state index contributed by atoms with van der Waals surface area (Å²) in [7, 11) is 0. The molecule has 0 amide bonds. The fourth-order valence-electron chi connectivity index (χ4n) is 3.04. The van der Waals surface area contributed by atoms with E-state index < -0.39 is 0 Å². The van der Waals surface area contributed by atoms with Gasteiger partial charge in [0.1, 0.15) is 0 Å². The van der Waals surface area contributed by atoms with Crippen LogP contribution in [-0.2, 0) is 6.42 Å². The summed E-state index contributed by atoms with van der Waals surface area (Å²) in [6.07, 6.45) is 8.66. The molecule has 3 unspecified atom stereocenters. The first-order valence-corrected chi connectivity index (χ1v) is 7.80. The fourth-order valence-corrected chi connectivity index (χ4v) is 3.69. The van der Waals surface area contributed by atoms with E-state index >= 15 is 0 Å². The average Bonchev–Trinajstić information content (AvgIpc) is 2.95. The molecule has 1 aliphatic carbocycles. The minimum absolute atomic E-state index is 0.660. The van der Waals surface area contributed by atoms with E-state index in [1.54, 1.807) is 11.3 Å². The van der Waals surface area contributed by atoms with E-state index in [0.29, 0.717) is 6.04 Å². The van der Waals surface area contributed by atoms with Gasteiger partial charge in [-0.15, -0.1) is 11.3 Å². The smallest absolute Gasteiger partial charge is 0.0794 e. The Bertz CT molecular complexity index is 310. The van der Waals surface area contributed by atoms with E-state index in [4.69, 9.17) is 0 Å². The molecule has 3 atom stereocenters. The third-order valence-corrected chi connectivity index (χ3v) is 4.81. The molecule has 96 valence electrons. The number of hydrogen-bond acceptors (Lipinski definition) is 3. The predicted molar refractivity (Wildman–Crippen MR) is 74.4 cm³/mol. The van der Waals surface area contributed by atoms with Crippen LogP contribution in [0.15, 0.2) is 11.7 Å². The number of rotatable bonds is 6. The Morgan fingerprint density at radius 1 is 1.53 bits per heavy atom. The molecule has 1 heterocycles. The van der Waals surface area contributed by atoms with E-state index in [1.807, 2.05) is 11.7 Å². The quantitative estimate of drug-likeness (QED) is 0.838. The molecular weight excluding hydrogens is 228 g/mol. The zero-order valence-corrected chi connectivity index (χ0v) is 11.8. The summed E-state index contributed by atoms with van der Waals surface area (Å²) < 4.78 is 0. The first-order valence-electron chi connectivity index (χ1n) is 6.92. The van der Waals surface area contributed by atoms with Gasteiger partial charge in [0.25, 0.3) is 0 Å². The molecule has 2 nitrogen and oxygen atoms in total. The van der Waals surface area contributed by atoms with Crippen molar-refractivity contribution in [3.05, 3.63) is 16.6 Å². The second-order valence-corrected chi connectivity index (χ2v) is 6.28. The van der Waals surface area contributed by atoms with Crippen molar-refractivity contribution in [1.29, 1.82) is 0 Å². The van der Waals surface area contributed by atoms with Crippen molar-refractivity contribution in [2.45, 2.75) is 52.0 Å². The van der Waals surface area contributed by atoms with Gasteiger partial charge in [-0.2, -0.15) is 0 Å². The Morgan fingerprint density at radius 2 is 2.41 bits per heavy atom. The highest BCUT2D eigenvalue weighted by molar-refractivity contribution is 7.09. The standard InChI is InChI=1S/C14H24N2S/c1-3-7-16-14(8-12-9-15-10-17-12)13-6-4-5-11(13)2/h9-11,13-14,16H,3-8H2,1-2H3. The lowest BCUT2D eigenvalue weighted by Crippen LogP contribution is -2.39. The molecule has 1 fully saturated rings. The van der Waals surface area contributed by atoms with Crippen LogP contribution in [-0.4, -0.2) is 17.6 Å². The molecule has 0 radical (unpaired) electrons. The van der Waals surface area contributed by atoms with Crippen molar-refractivity contribution >= 4 is 11.3 Å². The minimum atomic E-state index is 0.660. The predicted octanol–water partition coefficient (Wildman–Crippen LogP) is 3.49. The molecule has 3 heteroatoms. The van der Waals surface area contributed by atoms with Gasteiger partial charge in [-0.25, -0.2) is 0 Å². The lowest BCUT2D eigenvalue weighted by atomic mass is 9.88. The summed E-state index contributed by atoms with van der Waals surface area (Å²) in [5, 5.41) is 3.76. The van der Waals surface area contributed by atoms with Gasteiger partial charge >= 0.3 is 0 Å². The van der Waals surface area contributed by atoms with Gasteiger partial charge in [-0.1, -0.05) is 26.7 Å². The van der Waals surface area contributed by atoms with Gasteiger partial charge in [0, 0.05) is 17.1 Å². The summed E-state index contributed by atoms with van der Waals surface area (Å²) in [6, 6.07) is 0.660. The lowest BCUT2D eigenvalue weighted by molar-refractivity contribution is 0.296. The number of nitrogens with zero attached hydrogens (tertiary/aromatic N) is 1. The van der Waals surface area contributed by atoms with Crippen LogP contribution in [0.5, 0.6) is 0 Å². The highest BCUT2D eigenvalue weighted by atomic mass is 32.1. The molecule has 1 aromatic heterocycles. The molecule has 0 bridgehead atoms. The van der Waals surface area contributed by atoms with E-state index in [-0.39, 0.29) is 0 Å². The van der Waals surface area contributed by atoms with Crippen LogP contribution in [0.4, 0.5) is 0 Å². The molecular formula is C14H24N2S. The van der Waals surface area contributed by atoms with Crippen LogP contribution in [0.1, 0.15) is 44.4 Å². The molecule has 0 aliphatic heterocycles. The first-order chi connectivity index (χ1) is 8.31. The topological polar surface area (TPSA) is 24.9 Å². The van der Waals surface area contributed by atoms with Crippen LogP contribution in [0.2, 0.25) is 0 Å². The first kappa shape index (κ1) is 13.0. The third kappa shape index (κ3) is 3.52. The van der Waals surface area contributed by atoms with Gasteiger partial charge in [-0.3, -0.25) is 4.98 Å². The van der Waals surface area contributed by atoms with Crippen molar-refractivity contribution in [2.24, 2.45) is 11.8 Å². The Morgan fingerprint density at radius 3 is 3.00 bits per heavy atom. The molecule has 0 spiro atoms. The number of hydrogen-bond donors (Lipinski definition) is 1. The van der Waals surface area contributed by atoms with Crippen LogP contribution in [0, 0.1) is 11.8 Å². The van der Waals surface area contributed by atoms with E-state index in [1.165, 1.54) is 37.0 Å². The fraction of sp³-hybridized carbons (Fsp3) is 0.786. The number of aromatic nitrogens is 1. The molecule has 17 heavy (non-hydrogen) atoms. The van der Waals surface area contributed by atoms with Gasteiger partial charge in [0.2, 0.25) is 0 Å². The van der Waals surface area contributed by atoms with Crippen molar-refractivity contribution < 1.29 is 0 Å². The Hall–Kier alpha value is -0.410. The molecule has 0 aromatic carbocycles. The number of nitrogens with one attached hydrogen (secondary N) is 1. The summed E-state index contributed by atoms with van der Waals surface area (Å²) >= 11 is 1.79. The lowest BCUT2D eigenvalue weighted by Gasteiger charge is -2.27. The summed E-state index contributed by atoms with van der Waals surface area (Å²) in [4.78, 5) is 5.62. The molecule has 1 aliphatic rings. The second kappa shape index (κ2) is 6.50.